The zero-order chi connectivity index (χ0) is 22.2. The van der Waals surface area contributed by atoms with Crippen LogP contribution >= 0.6 is 0 Å². The lowest BCUT2D eigenvalue weighted by molar-refractivity contribution is -0.00122. The van der Waals surface area contributed by atoms with E-state index in [4.69, 9.17) is 15.0 Å². The number of carbonyl (C=O) groups excluding carboxylic acids is 1. The van der Waals surface area contributed by atoms with E-state index in [1.165, 1.54) is 4.90 Å². The van der Waals surface area contributed by atoms with Gasteiger partial charge in [0.2, 0.25) is 0 Å². The van der Waals surface area contributed by atoms with E-state index in [1.807, 2.05) is 53.4 Å². The summed E-state index contributed by atoms with van der Waals surface area (Å²) in [7, 11) is 0. The fourth-order valence-electron chi connectivity index (χ4n) is 3.97. The smallest absolute Gasteiger partial charge is 0.410 e. The predicted octanol–water partition coefficient (Wildman–Crippen LogP) is 4.59. The molecule has 1 amide bonds. The molecule has 2 aromatic rings. The highest BCUT2D eigenvalue weighted by atomic mass is 16.6. The second-order valence-corrected chi connectivity index (χ2v) is 8.62. The van der Waals surface area contributed by atoms with Gasteiger partial charge < -0.3 is 24.4 Å². The van der Waals surface area contributed by atoms with Crippen molar-refractivity contribution in [2.24, 2.45) is 5.11 Å². The van der Waals surface area contributed by atoms with Crippen molar-refractivity contribution < 1.29 is 19.4 Å². The molecule has 2 aliphatic rings. The van der Waals surface area contributed by atoms with Crippen LogP contribution in [0.25, 0.3) is 10.4 Å². The van der Waals surface area contributed by atoms with Gasteiger partial charge in [-0.15, -0.1) is 0 Å². The Labute approximate surface area is 180 Å². The van der Waals surface area contributed by atoms with Gasteiger partial charge in [0.05, 0.1) is 29.6 Å². The maximum atomic E-state index is 12.8. The number of aliphatic hydroxyl groups is 1. The van der Waals surface area contributed by atoms with Crippen molar-refractivity contribution in [3.8, 4) is 11.5 Å². The van der Waals surface area contributed by atoms with E-state index < -0.39 is 29.9 Å². The minimum absolute atomic E-state index is 0.0737. The summed E-state index contributed by atoms with van der Waals surface area (Å²) in [5, 5.41) is 14.9. The molecule has 0 radical (unpaired) electrons. The van der Waals surface area contributed by atoms with E-state index in [0.29, 0.717) is 11.5 Å². The molecule has 2 heterocycles. The molecular formula is C22H25N5O4. The fourth-order valence-corrected chi connectivity index (χ4v) is 3.97. The Kier molecular flexibility index (Phi) is 5.39. The highest BCUT2D eigenvalue weighted by Crippen LogP contribution is 2.48. The number of fused-ring (bicyclic) bond motifs is 2. The average Bonchev–Trinajstić information content (AvgIpc) is 2.72. The molecule has 3 unspecified atom stereocenters. The quantitative estimate of drug-likeness (QED) is 0.431. The van der Waals surface area contributed by atoms with Crippen molar-refractivity contribution in [2.75, 3.05) is 18.0 Å². The molecule has 0 aromatic heterocycles. The molecule has 31 heavy (non-hydrogen) atoms. The number of aliphatic hydroxyl groups excluding tert-OH is 1. The van der Waals surface area contributed by atoms with E-state index in [9.17, 15) is 9.90 Å². The highest BCUT2D eigenvalue weighted by molar-refractivity contribution is 5.79. The van der Waals surface area contributed by atoms with Gasteiger partial charge in [-0.25, -0.2) is 4.79 Å². The van der Waals surface area contributed by atoms with Crippen molar-refractivity contribution in [2.45, 2.75) is 44.6 Å². The summed E-state index contributed by atoms with van der Waals surface area (Å²) in [4.78, 5) is 19.2. The Bertz CT molecular complexity index is 985. The zero-order valence-electron chi connectivity index (χ0n) is 17.7. The summed E-state index contributed by atoms with van der Waals surface area (Å²) < 4.78 is 11.6. The number of hydrogen-bond donors (Lipinski definition) is 1. The molecule has 1 N–H and O–H groups in total. The summed E-state index contributed by atoms with van der Waals surface area (Å²) in [6.45, 7) is 5.64. The summed E-state index contributed by atoms with van der Waals surface area (Å²) in [5.41, 5.74) is 9.89. The van der Waals surface area contributed by atoms with E-state index in [1.54, 1.807) is 20.8 Å². The fraction of sp³-hybridized carbons (Fsp3) is 0.409. The van der Waals surface area contributed by atoms with Crippen LogP contribution in [0.3, 0.4) is 0 Å². The molecule has 4 rings (SSSR count). The second-order valence-electron chi connectivity index (χ2n) is 8.62. The Balaban J connectivity index is 1.76. The van der Waals surface area contributed by atoms with E-state index in [0.717, 1.165) is 11.4 Å². The topological polar surface area (TPSA) is 111 Å². The summed E-state index contributed by atoms with van der Waals surface area (Å²) in [6.07, 6.45) is -1.52. The van der Waals surface area contributed by atoms with Gasteiger partial charge in [0.1, 0.15) is 5.60 Å². The normalized spacial score (nSPS) is 22.5. The van der Waals surface area contributed by atoms with Crippen molar-refractivity contribution in [1.82, 2.24) is 4.90 Å². The maximum Gasteiger partial charge on any atom is 0.410 e. The molecule has 0 saturated carbocycles. The molecule has 162 valence electrons. The molecule has 0 bridgehead atoms. The van der Waals surface area contributed by atoms with Crippen LogP contribution in [-0.4, -0.2) is 53.0 Å². The van der Waals surface area contributed by atoms with Crippen LogP contribution in [0.5, 0.6) is 11.5 Å². The standard InChI is InChI=1S/C22H25N5O4/c1-22(2,3)31-21(29)26-12-14(24-25-23)20(28)17(13-26)27-15-8-4-6-10-18(15)30-19-11-7-5-9-16(19)27/h4-11,14,17,20,28H,12-13H2,1-3H3. The van der Waals surface area contributed by atoms with E-state index in [2.05, 4.69) is 10.0 Å². The number of para-hydroxylation sites is 4. The number of nitrogens with zero attached hydrogens (tertiary/aromatic N) is 5. The van der Waals surface area contributed by atoms with Crippen molar-refractivity contribution in [1.29, 1.82) is 0 Å². The Hall–Kier alpha value is -3.42. The van der Waals surface area contributed by atoms with Crippen LogP contribution in [0.15, 0.2) is 53.6 Å². The van der Waals surface area contributed by atoms with Crippen LogP contribution in [0.1, 0.15) is 20.8 Å². The lowest BCUT2D eigenvalue weighted by Crippen LogP contribution is -2.61. The summed E-state index contributed by atoms with van der Waals surface area (Å²) in [5.74, 6) is 1.28. The summed E-state index contributed by atoms with van der Waals surface area (Å²) >= 11 is 0. The van der Waals surface area contributed by atoms with Crippen LogP contribution in [0.2, 0.25) is 0 Å². The number of benzene rings is 2. The number of hydrogen-bond acceptors (Lipinski definition) is 6. The minimum atomic E-state index is -1.01. The number of azide groups is 1. The number of anilines is 2. The number of carbonyl (C=O) groups is 1. The third-order valence-electron chi connectivity index (χ3n) is 5.26. The van der Waals surface area contributed by atoms with Gasteiger partial charge >= 0.3 is 6.09 Å². The Morgan fingerprint density at radius 2 is 1.71 bits per heavy atom. The van der Waals surface area contributed by atoms with Gasteiger partial charge in [-0.1, -0.05) is 29.4 Å². The first-order chi connectivity index (χ1) is 14.8. The van der Waals surface area contributed by atoms with Crippen LogP contribution < -0.4 is 9.64 Å². The van der Waals surface area contributed by atoms with Crippen molar-refractivity contribution in [3.05, 3.63) is 59.0 Å². The maximum absolute atomic E-state index is 12.8. The first-order valence-corrected chi connectivity index (χ1v) is 10.1. The molecule has 9 nitrogen and oxygen atoms in total. The van der Waals surface area contributed by atoms with Gasteiger partial charge in [-0.2, -0.15) is 0 Å². The molecule has 3 atom stereocenters. The predicted molar refractivity (Wildman–Crippen MR) is 116 cm³/mol. The first-order valence-electron chi connectivity index (χ1n) is 10.1. The van der Waals surface area contributed by atoms with Crippen molar-refractivity contribution in [3.63, 3.8) is 0 Å². The Morgan fingerprint density at radius 3 is 2.26 bits per heavy atom. The van der Waals surface area contributed by atoms with E-state index in [-0.39, 0.29) is 13.1 Å². The minimum Gasteiger partial charge on any atom is -0.453 e. The third kappa shape index (κ3) is 4.10. The van der Waals surface area contributed by atoms with Crippen molar-refractivity contribution >= 4 is 17.5 Å². The molecule has 1 fully saturated rings. The number of rotatable bonds is 2. The van der Waals surface area contributed by atoms with Crippen LogP contribution in [0, 0.1) is 0 Å². The van der Waals surface area contributed by atoms with Gasteiger partial charge in [0, 0.05) is 18.0 Å². The zero-order valence-corrected chi connectivity index (χ0v) is 17.7. The summed E-state index contributed by atoms with van der Waals surface area (Å²) in [6, 6.07) is 13.6. The average molecular weight is 423 g/mol. The second kappa shape index (κ2) is 8.02. The van der Waals surface area contributed by atoms with Gasteiger partial charge in [0.15, 0.2) is 11.5 Å². The molecule has 2 aromatic carbocycles. The van der Waals surface area contributed by atoms with E-state index >= 15 is 0 Å². The number of amides is 1. The highest BCUT2D eigenvalue weighted by Gasteiger charge is 2.44. The number of likely N-dealkylation sites (tertiary alicyclic amines) is 1. The third-order valence-corrected chi connectivity index (χ3v) is 5.26. The van der Waals surface area contributed by atoms with Gasteiger partial charge in [-0.05, 0) is 50.6 Å². The van der Waals surface area contributed by atoms with Gasteiger partial charge in [0.25, 0.3) is 0 Å². The molecule has 2 aliphatic heterocycles. The van der Waals surface area contributed by atoms with Crippen LogP contribution in [-0.2, 0) is 4.74 Å². The lowest BCUT2D eigenvalue weighted by Gasteiger charge is -2.47. The number of ether oxygens (including phenoxy) is 2. The first kappa shape index (κ1) is 20.8. The molecule has 0 spiro atoms. The molecular weight excluding hydrogens is 398 g/mol. The van der Waals surface area contributed by atoms with Gasteiger partial charge in [-0.3, -0.25) is 0 Å². The lowest BCUT2D eigenvalue weighted by atomic mass is 9.94. The largest absolute Gasteiger partial charge is 0.453 e. The Morgan fingerprint density at radius 1 is 1.13 bits per heavy atom. The molecule has 0 aliphatic carbocycles. The number of piperidine rings is 1. The monoisotopic (exact) mass is 423 g/mol. The molecule has 1 saturated heterocycles. The van der Waals surface area contributed by atoms with Crippen LogP contribution in [0.4, 0.5) is 16.2 Å². The SMILES string of the molecule is CC(C)(C)OC(=O)N1CC(N=[N+]=[N-])C(O)C(N2c3ccccc3Oc3ccccc32)C1. The molecule has 9 heteroatoms.